The summed E-state index contributed by atoms with van der Waals surface area (Å²) in [5, 5.41) is 20.8. The summed E-state index contributed by atoms with van der Waals surface area (Å²) in [6, 6.07) is 6.67. The zero-order chi connectivity index (χ0) is 14.1. The van der Waals surface area contributed by atoms with Crippen molar-refractivity contribution in [3.05, 3.63) is 29.8 Å². The Labute approximate surface area is 112 Å². The Morgan fingerprint density at radius 3 is 2.58 bits per heavy atom. The molecule has 0 heterocycles. The lowest BCUT2D eigenvalue weighted by molar-refractivity contribution is 0.0388. The third-order valence-electron chi connectivity index (χ3n) is 2.39. The summed E-state index contributed by atoms with van der Waals surface area (Å²) in [4.78, 5) is 11.6. The molecule has 0 bridgehead atoms. The van der Waals surface area contributed by atoms with Gasteiger partial charge in [0.05, 0.1) is 24.9 Å². The van der Waals surface area contributed by atoms with Crippen LogP contribution in [0.3, 0.4) is 0 Å². The van der Waals surface area contributed by atoms with Crippen molar-refractivity contribution < 1.29 is 24.5 Å². The number of carbonyl (C=O) groups is 1. The molecule has 1 unspecified atom stereocenters. The van der Waals surface area contributed by atoms with Gasteiger partial charge in [-0.3, -0.25) is 0 Å². The van der Waals surface area contributed by atoms with Gasteiger partial charge in [-0.25, -0.2) is 4.79 Å². The first kappa shape index (κ1) is 15.4. The predicted molar refractivity (Wildman–Crippen MR) is 70.2 cm³/mol. The number of aliphatic hydroxyl groups is 2. The zero-order valence-corrected chi connectivity index (χ0v) is 10.8. The average molecular weight is 269 g/mol. The largest absolute Gasteiger partial charge is 0.460 e. The van der Waals surface area contributed by atoms with Gasteiger partial charge in [0.25, 0.3) is 0 Å². The second-order valence-electron chi connectivity index (χ2n) is 3.92. The molecule has 0 radical (unpaired) electrons. The Kier molecular flexibility index (Phi) is 6.88. The van der Waals surface area contributed by atoms with E-state index in [4.69, 9.17) is 14.6 Å². The fraction of sp³-hybridized carbons (Fsp3) is 0.462. The van der Waals surface area contributed by atoms with Gasteiger partial charge in [0, 0.05) is 19.3 Å². The van der Waals surface area contributed by atoms with Gasteiger partial charge in [-0.1, -0.05) is 0 Å². The van der Waals surface area contributed by atoms with Crippen LogP contribution in [0.2, 0.25) is 0 Å². The topological polar surface area (TPSA) is 88.0 Å². The lowest BCUT2D eigenvalue weighted by Crippen LogP contribution is -2.22. The van der Waals surface area contributed by atoms with E-state index in [0.29, 0.717) is 12.2 Å². The molecule has 0 spiro atoms. The minimum absolute atomic E-state index is 0.220. The number of esters is 1. The summed E-state index contributed by atoms with van der Waals surface area (Å²) in [6.45, 7) is 0.535. The average Bonchev–Trinajstić information content (AvgIpc) is 2.45. The summed E-state index contributed by atoms with van der Waals surface area (Å²) >= 11 is 0. The molecule has 1 atom stereocenters. The van der Waals surface area contributed by atoms with Gasteiger partial charge < -0.3 is 25.0 Å². The third kappa shape index (κ3) is 5.69. The number of benzene rings is 1. The molecule has 106 valence electrons. The van der Waals surface area contributed by atoms with Crippen molar-refractivity contribution in [1.82, 2.24) is 0 Å². The van der Waals surface area contributed by atoms with Crippen molar-refractivity contribution in [3.63, 3.8) is 0 Å². The van der Waals surface area contributed by atoms with Crippen LogP contribution < -0.4 is 5.32 Å². The first-order chi connectivity index (χ1) is 9.17. The first-order valence-electron chi connectivity index (χ1n) is 5.96. The lowest BCUT2D eigenvalue weighted by atomic mass is 10.2. The van der Waals surface area contributed by atoms with Crippen molar-refractivity contribution in [2.24, 2.45) is 0 Å². The maximum atomic E-state index is 11.6. The van der Waals surface area contributed by atoms with E-state index in [1.54, 1.807) is 24.3 Å². The molecule has 0 aliphatic rings. The molecule has 19 heavy (non-hydrogen) atoms. The van der Waals surface area contributed by atoms with Crippen molar-refractivity contribution in [1.29, 1.82) is 0 Å². The van der Waals surface area contributed by atoms with Crippen LogP contribution in [0.25, 0.3) is 0 Å². The Balaban J connectivity index is 2.44. The van der Waals surface area contributed by atoms with E-state index in [1.165, 1.54) is 7.11 Å². The Hall–Kier alpha value is -1.63. The van der Waals surface area contributed by atoms with Gasteiger partial charge in [-0.2, -0.15) is 0 Å². The molecular weight excluding hydrogens is 250 g/mol. The maximum absolute atomic E-state index is 11.6. The summed E-state index contributed by atoms with van der Waals surface area (Å²) in [7, 11) is 1.54. The van der Waals surface area contributed by atoms with Crippen molar-refractivity contribution >= 4 is 11.7 Å². The molecule has 6 heteroatoms. The van der Waals surface area contributed by atoms with Crippen LogP contribution in [0.4, 0.5) is 5.69 Å². The van der Waals surface area contributed by atoms with E-state index >= 15 is 0 Å². The first-order valence-corrected chi connectivity index (χ1v) is 5.96. The van der Waals surface area contributed by atoms with Crippen LogP contribution >= 0.6 is 0 Å². The van der Waals surface area contributed by atoms with E-state index in [-0.39, 0.29) is 19.8 Å². The molecule has 1 aromatic carbocycles. The molecule has 0 aliphatic heterocycles. The number of nitrogens with one attached hydrogen (secondary N) is 1. The number of anilines is 1. The Morgan fingerprint density at radius 2 is 2.00 bits per heavy atom. The highest BCUT2D eigenvalue weighted by molar-refractivity contribution is 5.89. The quantitative estimate of drug-likeness (QED) is 0.463. The van der Waals surface area contributed by atoms with Gasteiger partial charge in [0.1, 0.15) is 6.61 Å². The van der Waals surface area contributed by atoms with Crippen molar-refractivity contribution in [2.75, 3.05) is 38.8 Å². The smallest absolute Gasteiger partial charge is 0.338 e. The van der Waals surface area contributed by atoms with E-state index in [0.717, 1.165) is 5.69 Å². The summed E-state index contributed by atoms with van der Waals surface area (Å²) < 4.78 is 9.75. The SMILES string of the molecule is COCCOC(=O)c1ccc(NCC(O)CO)cc1. The minimum atomic E-state index is -0.807. The van der Waals surface area contributed by atoms with Crippen LogP contribution in [0.15, 0.2) is 24.3 Å². The van der Waals surface area contributed by atoms with E-state index in [2.05, 4.69) is 5.32 Å². The lowest BCUT2D eigenvalue weighted by Gasteiger charge is -2.10. The second-order valence-corrected chi connectivity index (χ2v) is 3.92. The Morgan fingerprint density at radius 1 is 1.32 bits per heavy atom. The van der Waals surface area contributed by atoms with Gasteiger partial charge in [-0.05, 0) is 24.3 Å². The molecular formula is C13H19NO5. The molecule has 1 aromatic rings. The fourth-order valence-corrected chi connectivity index (χ4v) is 1.33. The highest BCUT2D eigenvalue weighted by Gasteiger charge is 2.07. The molecule has 0 aliphatic carbocycles. The van der Waals surface area contributed by atoms with Crippen LogP contribution in [-0.4, -0.2) is 55.8 Å². The van der Waals surface area contributed by atoms with Gasteiger partial charge in [-0.15, -0.1) is 0 Å². The normalized spacial score (nSPS) is 11.9. The van der Waals surface area contributed by atoms with Crippen LogP contribution in [0, 0.1) is 0 Å². The molecule has 1 rings (SSSR count). The molecule has 3 N–H and O–H groups in total. The number of rotatable bonds is 8. The number of hydrogen-bond acceptors (Lipinski definition) is 6. The standard InChI is InChI=1S/C13H19NO5/c1-18-6-7-19-13(17)10-2-4-11(5-3-10)14-8-12(16)9-15/h2-5,12,14-16H,6-9H2,1H3. The van der Waals surface area contributed by atoms with Crippen LogP contribution in [-0.2, 0) is 9.47 Å². The fourth-order valence-electron chi connectivity index (χ4n) is 1.33. The van der Waals surface area contributed by atoms with E-state index < -0.39 is 12.1 Å². The minimum Gasteiger partial charge on any atom is -0.460 e. The molecule has 6 nitrogen and oxygen atoms in total. The van der Waals surface area contributed by atoms with Crippen molar-refractivity contribution in [3.8, 4) is 0 Å². The monoisotopic (exact) mass is 269 g/mol. The van der Waals surface area contributed by atoms with Gasteiger partial charge in [0.15, 0.2) is 0 Å². The summed E-state index contributed by atoms with van der Waals surface area (Å²) in [6.07, 6.45) is -0.807. The molecule has 0 fully saturated rings. The van der Waals surface area contributed by atoms with Gasteiger partial charge in [0.2, 0.25) is 0 Å². The summed E-state index contributed by atoms with van der Waals surface area (Å²) in [5.74, 6) is -0.404. The zero-order valence-electron chi connectivity index (χ0n) is 10.8. The number of ether oxygens (including phenoxy) is 2. The third-order valence-corrected chi connectivity index (χ3v) is 2.39. The summed E-state index contributed by atoms with van der Waals surface area (Å²) in [5.41, 5.74) is 1.20. The Bertz CT molecular complexity index is 379. The van der Waals surface area contributed by atoms with Crippen LogP contribution in [0.1, 0.15) is 10.4 Å². The maximum Gasteiger partial charge on any atom is 0.338 e. The van der Waals surface area contributed by atoms with Crippen molar-refractivity contribution in [2.45, 2.75) is 6.10 Å². The number of methoxy groups -OCH3 is 1. The second kappa shape index (κ2) is 8.47. The van der Waals surface area contributed by atoms with E-state index in [9.17, 15) is 9.90 Å². The van der Waals surface area contributed by atoms with Crippen LogP contribution in [0.5, 0.6) is 0 Å². The molecule has 0 amide bonds. The number of aliphatic hydroxyl groups excluding tert-OH is 2. The highest BCUT2D eigenvalue weighted by atomic mass is 16.6. The number of carbonyl (C=O) groups excluding carboxylic acids is 1. The molecule has 0 aromatic heterocycles. The van der Waals surface area contributed by atoms with Gasteiger partial charge >= 0.3 is 5.97 Å². The predicted octanol–water partition coefficient (Wildman–Crippen LogP) is 0.255. The molecule has 0 saturated carbocycles. The molecule has 0 saturated heterocycles. The number of hydrogen-bond donors (Lipinski definition) is 3. The van der Waals surface area contributed by atoms with E-state index in [1.807, 2.05) is 0 Å². The highest BCUT2D eigenvalue weighted by Crippen LogP contribution is 2.10.